The molecule has 8 heteroatoms. The summed E-state index contributed by atoms with van der Waals surface area (Å²) in [6, 6.07) is 6.99. The van der Waals surface area contributed by atoms with Crippen LogP contribution in [0.4, 0.5) is 0 Å². The highest BCUT2D eigenvalue weighted by molar-refractivity contribution is 7.73. The van der Waals surface area contributed by atoms with Gasteiger partial charge in [-0.3, -0.25) is 14.2 Å². The predicted octanol–water partition coefficient (Wildman–Crippen LogP) is 2.60. The van der Waals surface area contributed by atoms with Gasteiger partial charge in [0.05, 0.1) is 13.5 Å². The third-order valence-corrected chi connectivity index (χ3v) is 4.80. The molecule has 1 aromatic heterocycles. The summed E-state index contributed by atoms with van der Waals surface area (Å²) in [6.45, 7) is 0.409. The molecule has 1 aliphatic heterocycles. The van der Waals surface area contributed by atoms with Crippen LogP contribution in [-0.2, 0) is 16.1 Å². The number of hydrogen-bond donors (Lipinski definition) is 0. The van der Waals surface area contributed by atoms with Gasteiger partial charge in [-0.2, -0.15) is 0 Å². The van der Waals surface area contributed by atoms with E-state index in [-0.39, 0.29) is 31.3 Å². The van der Waals surface area contributed by atoms with Crippen LogP contribution in [0.5, 0.6) is 11.5 Å². The Bertz CT molecular complexity index is 840. The van der Waals surface area contributed by atoms with E-state index in [4.69, 9.17) is 21.7 Å². The molecule has 2 aromatic rings. The van der Waals surface area contributed by atoms with Crippen molar-refractivity contribution in [1.82, 2.24) is 4.57 Å². The number of aromatic nitrogens is 1. The van der Waals surface area contributed by atoms with E-state index in [0.717, 1.165) is 10.4 Å². The number of esters is 1. The van der Waals surface area contributed by atoms with E-state index in [1.54, 1.807) is 6.07 Å². The Balaban J connectivity index is 1.92. The molecule has 2 heterocycles. The van der Waals surface area contributed by atoms with Crippen LogP contribution in [0, 0.1) is 3.95 Å². The zero-order valence-electron chi connectivity index (χ0n) is 12.2. The van der Waals surface area contributed by atoms with E-state index in [1.807, 2.05) is 12.1 Å². The fourth-order valence-electron chi connectivity index (χ4n) is 2.16. The molecule has 0 bridgehead atoms. The average Bonchev–Trinajstić information content (AvgIpc) is 3.01. The number of nitrogens with zero attached hydrogens (tertiary/aromatic N) is 1. The molecule has 0 saturated heterocycles. The summed E-state index contributed by atoms with van der Waals surface area (Å²) in [7, 11) is 1.31. The lowest BCUT2D eigenvalue weighted by Gasteiger charge is -2.07. The van der Waals surface area contributed by atoms with Gasteiger partial charge >= 0.3 is 5.97 Å². The number of rotatable bonds is 4. The van der Waals surface area contributed by atoms with E-state index in [2.05, 4.69) is 4.74 Å². The van der Waals surface area contributed by atoms with Crippen molar-refractivity contribution in [3.8, 4) is 21.9 Å². The maximum absolute atomic E-state index is 12.3. The highest BCUT2D eigenvalue weighted by atomic mass is 32.1. The van der Waals surface area contributed by atoms with Gasteiger partial charge in [-0.05, 0) is 36.0 Å². The molecule has 0 spiro atoms. The molecular formula is C15H13NO5S2. The zero-order valence-corrected chi connectivity index (χ0v) is 13.9. The second-order valence-electron chi connectivity index (χ2n) is 4.76. The van der Waals surface area contributed by atoms with Crippen LogP contribution >= 0.6 is 23.6 Å². The van der Waals surface area contributed by atoms with Crippen molar-refractivity contribution in [2.24, 2.45) is 0 Å². The van der Waals surface area contributed by atoms with Crippen LogP contribution in [0.2, 0.25) is 0 Å². The summed E-state index contributed by atoms with van der Waals surface area (Å²) >= 11 is 6.59. The minimum atomic E-state index is -0.379. The molecule has 0 aliphatic carbocycles. The van der Waals surface area contributed by atoms with E-state index in [0.29, 0.717) is 15.5 Å². The lowest BCUT2D eigenvalue weighted by molar-refractivity contribution is -0.140. The van der Waals surface area contributed by atoms with Gasteiger partial charge < -0.3 is 14.2 Å². The molecule has 0 atom stereocenters. The summed E-state index contributed by atoms with van der Waals surface area (Å²) < 4.78 is 17.0. The van der Waals surface area contributed by atoms with Gasteiger partial charge in [-0.15, -0.1) is 11.3 Å². The molecule has 0 amide bonds. The summed E-state index contributed by atoms with van der Waals surface area (Å²) in [4.78, 5) is 24.2. The topological polar surface area (TPSA) is 66.8 Å². The van der Waals surface area contributed by atoms with Crippen molar-refractivity contribution < 1.29 is 19.0 Å². The van der Waals surface area contributed by atoms with Crippen LogP contribution < -0.4 is 15.0 Å². The van der Waals surface area contributed by atoms with Crippen molar-refractivity contribution in [2.75, 3.05) is 13.9 Å². The van der Waals surface area contributed by atoms with Crippen LogP contribution in [0.3, 0.4) is 0 Å². The van der Waals surface area contributed by atoms with Crippen molar-refractivity contribution in [3.63, 3.8) is 0 Å². The van der Waals surface area contributed by atoms with Crippen LogP contribution in [-0.4, -0.2) is 24.4 Å². The third kappa shape index (κ3) is 3.27. The number of fused-ring (bicyclic) bond motifs is 1. The maximum atomic E-state index is 12.3. The molecular weight excluding hydrogens is 338 g/mol. The first-order valence-corrected chi connectivity index (χ1v) is 8.03. The Morgan fingerprint density at radius 3 is 2.87 bits per heavy atom. The largest absolute Gasteiger partial charge is 0.469 e. The average molecular weight is 351 g/mol. The van der Waals surface area contributed by atoms with Crippen molar-refractivity contribution in [2.45, 2.75) is 13.0 Å². The van der Waals surface area contributed by atoms with Crippen LogP contribution in [0.25, 0.3) is 10.4 Å². The first kappa shape index (κ1) is 15.7. The second-order valence-corrected chi connectivity index (χ2v) is 6.44. The molecule has 6 nitrogen and oxygen atoms in total. The third-order valence-electron chi connectivity index (χ3n) is 3.36. The van der Waals surface area contributed by atoms with Gasteiger partial charge in [-0.1, -0.05) is 0 Å². The molecule has 1 aromatic carbocycles. The Morgan fingerprint density at radius 2 is 2.13 bits per heavy atom. The SMILES string of the molecule is COC(=O)CCn1c(=O)cc(-c2ccc3c(c2)OCO3)sc1=S. The lowest BCUT2D eigenvalue weighted by Crippen LogP contribution is -2.21. The summed E-state index contributed by atoms with van der Waals surface area (Å²) in [6.07, 6.45) is 0.107. The maximum Gasteiger partial charge on any atom is 0.307 e. The normalized spacial score (nSPS) is 12.2. The minimum Gasteiger partial charge on any atom is -0.469 e. The fraction of sp³-hybridized carbons (Fsp3) is 0.267. The summed E-state index contributed by atoms with van der Waals surface area (Å²) in [5.41, 5.74) is 0.591. The number of carbonyl (C=O) groups is 1. The van der Waals surface area contributed by atoms with Crippen LogP contribution in [0.1, 0.15) is 6.42 Å². The van der Waals surface area contributed by atoms with Gasteiger partial charge in [0, 0.05) is 17.5 Å². The number of ether oxygens (including phenoxy) is 3. The Hall–Kier alpha value is -2.19. The van der Waals surface area contributed by atoms with Gasteiger partial charge in [0.1, 0.15) is 0 Å². The molecule has 0 fully saturated rings. The summed E-state index contributed by atoms with van der Waals surface area (Å²) in [5.74, 6) is 0.954. The molecule has 0 saturated carbocycles. The molecule has 0 unspecified atom stereocenters. The highest BCUT2D eigenvalue weighted by Gasteiger charge is 2.15. The molecule has 1 aliphatic rings. The fourth-order valence-corrected chi connectivity index (χ4v) is 3.49. The molecule has 23 heavy (non-hydrogen) atoms. The highest BCUT2D eigenvalue weighted by Crippen LogP contribution is 2.36. The van der Waals surface area contributed by atoms with Gasteiger partial charge in [0.15, 0.2) is 15.5 Å². The lowest BCUT2D eigenvalue weighted by atomic mass is 10.2. The van der Waals surface area contributed by atoms with Gasteiger partial charge in [-0.25, -0.2) is 0 Å². The minimum absolute atomic E-state index is 0.107. The van der Waals surface area contributed by atoms with E-state index in [1.165, 1.54) is 29.1 Å². The molecule has 0 N–H and O–H groups in total. The van der Waals surface area contributed by atoms with Crippen LogP contribution in [0.15, 0.2) is 29.1 Å². The quantitative estimate of drug-likeness (QED) is 0.623. The van der Waals surface area contributed by atoms with Crippen molar-refractivity contribution in [3.05, 3.63) is 38.6 Å². The van der Waals surface area contributed by atoms with Gasteiger partial charge in [0.25, 0.3) is 5.56 Å². The Kier molecular flexibility index (Phi) is 4.44. The van der Waals surface area contributed by atoms with Gasteiger partial charge in [0.2, 0.25) is 6.79 Å². The molecule has 3 rings (SSSR count). The van der Waals surface area contributed by atoms with Crippen molar-refractivity contribution in [1.29, 1.82) is 0 Å². The first-order chi connectivity index (χ1) is 11.1. The monoisotopic (exact) mass is 351 g/mol. The Labute approximate surface area is 140 Å². The van der Waals surface area contributed by atoms with E-state index < -0.39 is 0 Å². The standard InChI is InChI=1S/C15H13NO5S2/c1-19-14(18)4-5-16-13(17)7-12(23-15(16)22)9-2-3-10-11(6-9)21-8-20-10/h2-3,6-7H,4-5,8H2,1H3. The number of benzene rings is 1. The number of carbonyl (C=O) groups excluding carboxylic acids is 1. The second kappa shape index (κ2) is 6.51. The Morgan fingerprint density at radius 1 is 1.35 bits per heavy atom. The smallest absolute Gasteiger partial charge is 0.307 e. The van der Waals surface area contributed by atoms with E-state index >= 15 is 0 Å². The predicted molar refractivity (Wildman–Crippen MR) is 87.6 cm³/mol. The zero-order chi connectivity index (χ0) is 16.4. The molecule has 0 radical (unpaired) electrons. The first-order valence-electron chi connectivity index (χ1n) is 6.80. The number of methoxy groups -OCH3 is 1. The van der Waals surface area contributed by atoms with Crippen molar-refractivity contribution >= 4 is 29.5 Å². The van der Waals surface area contributed by atoms with E-state index in [9.17, 15) is 9.59 Å². The number of hydrogen-bond acceptors (Lipinski definition) is 7. The molecule has 120 valence electrons. The summed E-state index contributed by atoms with van der Waals surface area (Å²) in [5, 5.41) is 0.